The summed E-state index contributed by atoms with van der Waals surface area (Å²) in [7, 11) is -3.63. The lowest BCUT2D eigenvalue weighted by molar-refractivity contribution is -0.124. The van der Waals surface area contributed by atoms with Crippen molar-refractivity contribution in [1.82, 2.24) is 14.5 Å². The lowest BCUT2D eigenvalue weighted by atomic mass is 9.92. The number of sulfonamides is 1. The molecule has 0 aliphatic carbocycles. The standard InChI is InChI=1S/C22H35N3O3S/c1-18-15-19(2)17-24(16-18)13-7-6-12-23-22(26)21-11-8-14-25(21)29(27,28)20-9-4-3-5-10-20/h3-5,9-10,18-19,21H,6-8,11-17H2,1-2H3,(H,23,26)/t18-,19-,21+/m1/s1. The third-order valence-corrected chi connectivity index (χ3v) is 7.92. The van der Waals surface area contributed by atoms with E-state index in [0.717, 1.165) is 37.6 Å². The zero-order valence-corrected chi connectivity index (χ0v) is 18.5. The number of unbranched alkanes of at least 4 members (excludes halogenated alkanes) is 1. The van der Waals surface area contributed by atoms with Gasteiger partial charge in [-0.15, -0.1) is 0 Å². The second-order valence-corrected chi connectivity index (χ2v) is 10.7. The molecule has 7 heteroatoms. The fraction of sp³-hybridized carbons (Fsp3) is 0.682. The van der Waals surface area contributed by atoms with Crippen LogP contribution in [0.4, 0.5) is 0 Å². The molecule has 1 aromatic carbocycles. The van der Waals surface area contributed by atoms with Crippen molar-refractivity contribution in [3.8, 4) is 0 Å². The molecule has 0 aromatic heterocycles. The molecule has 2 heterocycles. The summed E-state index contributed by atoms with van der Waals surface area (Å²) in [4.78, 5) is 15.4. The van der Waals surface area contributed by atoms with E-state index >= 15 is 0 Å². The van der Waals surface area contributed by atoms with E-state index in [4.69, 9.17) is 0 Å². The van der Waals surface area contributed by atoms with E-state index in [1.165, 1.54) is 23.8 Å². The van der Waals surface area contributed by atoms with Gasteiger partial charge in [-0.25, -0.2) is 8.42 Å². The molecule has 2 aliphatic rings. The molecule has 1 N–H and O–H groups in total. The Hall–Kier alpha value is -1.44. The van der Waals surface area contributed by atoms with Crippen LogP contribution in [0.2, 0.25) is 0 Å². The van der Waals surface area contributed by atoms with Gasteiger partial charge < -0.3 is 10.2 Å². The topological polar surface area (TPSA) is 69.7 Å². The van der Waals surface area contributed by atoms with Crippen LogP contribution in [0.15, 0.2) is 35.2 Å². The quantitative estimate of drug-likeness (QED) is 0.655. The van der Waals surface area contributed by atoms with Crippen LogP contribution < -0.4 is 5.32 Å². The number of rotatable bonds is 8. The average Bonchev–Trinajstić information content (AvgIpc) is 3.18. The Balaban J connectivity index is 1.44. The minimum atomic E-state index is -3.63. The van der Waals surface area contributed by atoms with Gasteiger partial charge in [0.25, 0.3) is 0 Å². The third-order valence-electron chi connectivity index (χ3n) is 6.00. The maximum atomic E-state index is 12.9. The predicted octanol–water partition coefficient (Wildman–Crippen LogP) is 2.71. The second-order valence-electron chi connectivity index (χ2n) is 8.79. The van der Waals surface area contributed by atoms with Crippen LogP contribution in [0.1, 0.15) is 46.0 Å². The van der Waals surface area contributed by atoms with Crippen LogP contribution in [0.3, 0.4) is 0 Å². The van der Waals surface area contributed by atoms with Crippen LogP contribution in [0.5, 0.6) is 0 Å². The van der Waals surface area contributed by atoms with Crippen molar-refractivity contribution in [2.45, 2.75) is 56.9 Å². The van der Waals surface area contributed by atoms with E-state index < -0.39 is 16.1 Å². The molecule has 0 bridgehead atoms. The number of nitrogens with zero attached hydrogens (tertiary/aromatic N) is 2. The molecule has 1 aromatic rings. The number of piperidine rings is 1. The summed E-state index contributed by atoms with van der Waals surface area (Å²) in [5, 5.41) is 2.97. The van der Waals surface area contributed by atoms with E-state index in [1.54, 1.807) is 30.3 Å². The first-order valence-electron chi connectivity index (χ1n) is 10.9. The van der Waals surface area contributed by atoms with E-state index in [2.05, 4.69) is 24.1 Å². The molecule has 0 radical (unpaired) electrons. The minimum Gasteiger partial charge on any atom is -0.355 e. The maximum Gasteiger partial charge on any atom is 0.243 e. The second kappa shape index (κ2) is 10.0. The van der Waals surface area contributed by atoms with E-state index in [9.17, 15) is 13.2 Å². The van der Waals surface area contributed by atoms with Crippen LogP contribution in [0.25, 0.3) is 0 Å². The molecule has 29 heavy (non-hydrogen) atoms. The van der Waals surface area contributed by atoms with Crippen LogP contribution >= 0.6 is 0 Å². The monoisotopic (exact) mass is 421 g/mol. The van der Waals surface area contributed by atoms with Crippen molar-refractivity contribution in [2.24, 2.45) is 11.8 Å². The number of hydrogen-bond donors (Lipinski definition) is 1. The molecule has 0 spiro atoms. The maximum absolute atomic E-state index is 12.9. The van der Waals surface area contributed by atoms with Crippen molar-refractivity contribution in [2.75, 3.05) is 32.7 Å². The van der Waals surface area contributed by atoms with Gasteiger partial charge in [-0.2, -0.15) is 4.31 Å². The van der Waals surface area contributed by atoms with Gasteiger partial charge >= 0.3 is 0 Å². The first-order valence-corrected chi connectivity index (χ1v) is 12.4. The minimum absolute atomic E-state index is 0.165. The van der Waals surface area contributed by atoms with Crippen molar-refractivity contribution < 1.29 is 13.2 Å². The first kappa shape index (κ1) is 22.2. The van der Waals surface area contributed by atoms with Gasteiger partial charge in [0, 0.05) is 26.2 Å². The molecule has 162 valence electrons. The molecule has 1 amide bonds. The Labute approximate surface area is 175 Å². The van der Waals surface area contributed by atoms with Gasteiger partial charge in [-0.1, -0.05) is 32.0 Å². The third kappa shape index (κ3) is 5.80. The smallest absolute Gasteiger partial charge is 0.243 e. The van der Waals surface area contributed by atoms with Crippen LogP contribution in [0, 0.1) is 11.8 Å². The number of carbonyl (C=O) groups excluding carboxylic acids is 1. The molecular weight excluding hydrogens is 386 g/mol. The lowest BCUT2D eigenvalue weighted by Crippen LogP contribution is -2.46. The summed E-state index contributed by atoms with van der Waals surface area (Å²) in [6.07, 6.45) is 4.59. The Kier molecular flexibility index (Phi) is 7.71. The molecule has 0 unspecified atom stereocenters. The SMILES string of the molecule is C[C@@H]1C[C@@H](C)CN(CCCCNC(=O)[C@@H]2CCCN2S(=O)(=O)c2ccccc2)C1. The molecule has 3 atom stereocenters. The van der Waals surface area contributed by atoms with Crippen LogP contribution in [-0.2, 0) is 14.8 Å². The number of hydrogen-bond acceptors (Lipinski definition) is 4. The van der Waals surface area contributed by atoms with Gasteiger partial charge in [0.2, 0.25) is 15.9 Å². The number of benzene rings is 1. The van der Waals surface area contributed by atoms with Crippen molar-refractivity contribution >= 4 is 15.9 Å². The van der Waals surface area contributed by atoms with Gasteiger partial charge in [0.05, 0.1) is 4.90 Å². The highest BCUT2D eigenvalue weighted by atomic mass is 32.2. The number of carbonyl (C=O) groups is 1. The molecule has 2 fully saturated rings. The van der Waals surface area contributed by atoms with E-state index in [0.29, 0.717) is 19.5 Å². The van der Waals surface area contributed by atoms with Gasteiger partial charge in [-0.05, 0) is 62.6 Å². The highest BCUT2D eigenvalue weighted by molar-refractivity contribution is 7.89. The zero-order chi connectivity index (χ0) is 20.9. The predicted molar refractivity (Wildman–Crippen MR) is 115 cm³/mol. The Morgan fingerprint density at radius 1 is 1.10 bits per heavy atom. The molecule has 6 nitrogen and oxygen atoms in total. The molecule has 3 rings (SSSR count). The summed E-state index contributed by atoms with van der Waals surface area (Å²) in [6.45, 7) is 9.06. The van der Waals surface area contributed by atoms with Crippen molar-refractivity contribution in [3.63, 3.8) is 0 Å². The zero-order valence-electron chi connectivity index (χ0n) is 17.7. The number of likely N-dealkylation sites (tertiary alicyclic amines) is 1. The summed E-state index contributed by atoms with van der Waals surface area (Å²) in [5.41, 5.74) is 0. The molecule has 0 saturated carbocycles. The normalized spacial score (nSPS) is 26.5. The summed E-state index contributed by atoms with van der Waals surface area (Å²) in [5.74, 6) is 1.36. The lowest BCUT2D eigenvalue weighted by Gasteiger charge is -2.34. The first-order chi connectivity index (χ1) is 13.9. The fourth-order valence-electron chi connectivity index (χ4n) is 4.78. The van der Waals surface area contributed by atoms with Crippen LogP contribution in [-0.4, -0.2) is 62.3 Å². The average molecular weight is 422 g/mol. The molecular formula is C22H35N3O3S. The Bertz CT molecular complexity index is 759. The summed E-state index contributed by atoms with van der Waals surface area (Å²) < 4.78 is 27.2. The van der Waals surface area contributed by atoms with Gasteiger partial charge in [0.1, 0.15) is 6.04 Å². The largest absolute Gasteiger partial charge is 0.355 e. The summed E-state index contributed by atoms with van der Waals surface area (Å²) >= 11 is 0. The van der Waals surface area contributed by atoms with Crippen molar-refractivity contribution in [1.29, 1.82) is 0 Å². The van der Waals surface area contributed by atoms with Crippen molar-refractivity contribution in [3.05, 3.63) is 30.3 Å². The Morgan fingerprint density at radius 2 is 1.79 bits per heavy atom. The fourth-order valence-corrected chi connectivity index (χ4v) is 6.46. The van der Waals surface area contributed by atoms with E-state index in [1.807, 2.05) is 0 Å². The highest BCUT2D eigenvalue weighted by Gasteiger charge is 2.39. The number of amides is 1. The highest BCUT2D eigenvalue weighted by Crippen LogP contribution is 2.26. The molecule has 2 aliphatic heterocycles. The summed E-state index contributed by atoms with van der Waals surface area (Å²) in [6, 6.07) is 7.79. The Morgan fingerprint density at radius 3 is 2.48 bits per heavy atom. The van der Waals surface area contributed by atoms with E-state index in [-0.39, 0.29) is 10.8 Å². The number of nitrogens with one attached hydrogen (secondary N) is 1. The van der Waals surface area contributed by atoms with Gasteiger partial charge in [-0.3, -0.25) is 4.79 Å². The molecule has 2 saturated heterocycles. The van der Waals surface area contributed by atoms with Gasteiger partial charge in [0.15, 0.2) is 0 Å².